The Hall–Kier alpha value is -4.78. The molecule has 2 N–H and O–H groups in total. The maximum absolute atomic E-state index is 13.2. The van der Waals surface area contributed by atoms with Gasteiger partial charge in [0.2, 0.25) is 12.2 Å². The van der Waals surface area contributed by atoms with Crippen molar-refractivity contribution in [2.24, 2.45) is 5.92 Å². The van der Waals surface area contributed by atoms with Gasteiger partial charge in [-0.3, -0.25) is 19.4 Å². The highest BCUT2D eigenvalue weighted by Crippen LogP contribution is 2.46. The van der Waals surface area contributed by atoms with E-state index in [4.69, 9.17) is 26.1 Å². The summed E-state index contributed by atoms with van der Waals surface area (Å²) in [7, 11) is 4.90. The molecule has 2 aromatic heterocycles. The van der Waals surface area contributed by atoms with Crippen molar-refractivity contribution in [2.45, 2.75) is 51.9 Å². The van der Waals surface area contributed by atoms with Crippen LogP contribution in [-0.4, -0.2) is 89.2 Å². The highest BCUT2D eigenvalue weighted by Gasteiger charge is 2.37. The second-order valence-corrected chi connectivity index (χ2v) is 13.7. The van der Waals surface area contributed by atoms with Crippen molar-refractivity contribution in [3.63, 3.8) is 0 Å². The number of hydrogen-bond acceptors (Lipinski definition) is 11. The number of aliphatic hydroxyl groups excluding tert-OH is 1. The number of aromatic nitrogens is 3. The summed E-state index contributed by atoms with van der Waals surface area (Å²) in [5, 5.41) is 22.7. The van der Waals surface area contributed by atoms with Gasteiger partial charge in [0.1, 0.15) is 5.56 Å². The van der Waals surface area contributed by atoms with Crippen LogP contribution in [0.3, 0.4) is 0 Å². The quantitative estimate of drug-likeness (QED) is 0.209. The molecular weight excluding hydrogens is 670 g/mol. The predicted octanol–water partition coefficient (Wildman–Crippen LogP) is 5.98. The lowest BCUT2D eigenvalue weighted by molar-refractivity contribution is -0.149. The number of rotatable bonds is 8. The van der Waals surface area contributed by atoms with Crippen molar-refractivity contribution in [1.29, 1.82) is 0 Å². The lowest BCUT2D eigenvalue weighted by Gasteiger charge is -2.38. The van der Waals surface area contributed by atoms with Crippen LogP contribution in [0, 0.1) is 12.8 Å². The zero-order valence-corrected chi connectivity index (χ0v) is 30.2. The van der Waals surface area contributed by atoms with Crippen molar-refractivity contribution < 1.29 is 24.2 Å². The summed E-state index contributed by atoms with van der Waals surface area (Å²) in [5.74, 6) is 0.402. The minimum Gasteiger partial charge on any atom is -0.481 e. The molecule has 12 nitrogen and oxygen atoms in total. The number of pyridine rings is 1. The molecule has 4 heterocycles. The second kappa shape index (κ2) is 14.1. The first-order valence-electron chi connectivity index (χ1n) is 17.3. The fourth-order valence-corrected chi connectivity index (χ4v) is 8.01. The first-order chi connectivity index (χ1) is 24.6. The minimum atomic E-state index is -1.11. The molecule has 1 amide bonds. The van der Waals surface area contributed by atoms with Crippen LogP contribution in [-0.2, 0) is 16.0 Å². The lowest BCUT2D eigenvalue weighted by atomic mass is 9.94. The number of hydrogen-bond donors (Lipinski definition) is 2. The van der Waals surface area contributed by atoms with Gasteiger partial charge in [0.15, 0.2) is 5.82 Å². The van der Waals surface area contributed by atoms with Crippen LogP contribution in [0.5, 0.6) is 5.88 Å². The Morgan fingerprint density at radius 2 is 1.78 bits per heavy atom. The molecule has 0 bridgehead atoms. The zero-order valence-electron chi connectivity index (χ0n) is 29.4. The van der Waals surface area contributed by atoms with E-state index in [0.717, 1.165) is 78.0 Å². The Balaban J connectivity index is 1.17. The molecule has 0 radical (unpaired) electrons. The summed E-state index contributed by atoms with van der Waals surface area (Å²) in [6, 6.07) is 14.1. The summed E-state index contributed by atoms with van der Waals surface area (Å²) in [4.78, 5) is 35.8. The van der Waals surface area contributed by atoms with Crippen molar-refractivity contribution in [2.75, 3.05) is 51.1 Å². The van der Waals surface area contributed by atoms with E-state index in [9.17, 15) is 14.7 Å². The van der Waals surface area contributed by atoms with Crippen LogP contribution in [0.1, 0.15) is 59.3 Å². The van der Waals surface area contributed by atoms with Crippen LogP contribution in [0.2, 0.25) is 5.02 Å². The van der Waals surface area contributed by atoms with E-state index in [1.807, 2.05) is 50.2 Å². The topological polar surface area (TPSA) is 133 Å². The van der Waals surface area contributed by atoms with Crippen LogP contribution in [0.15, 0.2) is 48.7 Å². The van der Waals surface area contributed by atoms with Gasteiger partial charge in [0.25, 0.3) is 5.91 Å². The number of halogens is 1. The number of carbonyl (C=O) groups excluding carboxylic acids is 2. The average molecular weight is 712 g/mol. The Bertz CT molecular complexity index is 2000. The molecule has 1 unspecified atom stereocenters. The molecule has 266 valence electrons. The Kier molecular flexibility index (Phi) is 9.58. The fourth-order valence-electron chi connectivity index (χ4n) is 7.68. The standard InChI is InChI=1S/C38H42ClN7O5/c1-6-51-37(48)22-15-17-46(18-16-22)29-14-13-23-19-28(42-35(50-5)31(23)29)26-11-7-10-25(33(26)39)24-9-8-12-27(21(24)2)41-34-32-30(20-40-43-34)44(3)38(49)45(4)36(32)47/h7-12,19-20,22,29,38,49H,6,13-18H2,1-5H3,(H,41,43)/t29-,38?/m0/s1. The number of benzene rings is 2. The molecule has 51 heavy (non-hydrogen) atoms. The van der Waals surface area contributed by atoms with Crippen molar-refractivity contribution in [3.05, 3.63) is 75.9 Å². The number of ether oxygens (including phenoxy) is 2. The Morgan fingerprint density at radius 3 is 2.53 bits per heavy atom. The highest BCUT2D eigenvalue weighted by atomic mass is 35.5. The third kappa shape index (κ3) is 6.15. The molecule has 13 heteroatoms. The van der Waals surface area contributed by atoms with Crippen molar-refractivity contribution >= 4 is 40.7 Å². The SMILES string of the molecule is CCOC(=O)C1CCN([C@H]2CCc3cc(-c4cccc(-c5cccc(Nc6nncc7c6C(=O)N(C)C(O)N7C)c5C)c4Cl)nc(OC)c32)CC1. The largest absolute Gasteiger partial charge is 0.481 e. The van der Waals surface area contributed by atoms with Gasteiger partial charge in [-0.05, 0) is 81.4 Å². The van der Waals surface area contributed by atoms with E-state index in [0.29, 0.717) is 34.6 Å². The first-order valence-corrected chi connectivity index (χ1v) is 17.7. The monoisotopic (exact) mass is 711 g/mol. The van der Waals surface area contributed by atoms with E-state index in [1.54, 1.807) is 26.1 Å². The van der Waals surface area contributed by atoms with E-state index >= 15 is 0 Å². The number of nitrogens with zero attached hydrogens (tertiary/aromatic N) is 6. The molecular formula is C38H42ClN7O5. The number of nitrogens with one attached hydrogen (secondary N) is 1. The van der Waals surface area contributed by atoms with E-state index in [1.165, 1.54) is 16.7 Å². The van der Waals surface area contributed by atoms with Gasteiger partial charge in [-0.1, -0.05) is 41.9 Å². The number of anilines is 3. The summed E-state index contributed by atoms with van der Waals surface area (Å²) in [6.07, 6.45) is 3.80. The number of carbonyl (C=O) groups is 2. The number of likely N-dealkylation sites (tertiary alicyclic amines) is 1. The van der Waals surface area contributed by atoms with E-state index in [-0.39, 0.29) is 23.8 Å². The normalized spacial score (nSPS) is 19.2. The first kappa shape index (κ1) is 34.7. The van der Waals surface area contributed by atoms with Crippen LogP contribution in [0.25, 0.3) is 22.4 Å². The highest BCUT2D eigenvalue weighted by molar-refractivity contribution is 6.36. The molecule has 1 saturated heterocycles. The zero-order chi connectivity index (χ0) is 36.0. The molecule has 2 aromatic carbocycles. The summed E-state index contributed by atoms with van der Waals surface area (Å²) >= 11 is 7.23. The van der Waals surface area contributed by atoms with Crippen LogP contribution >= 0.6 is 11.6 Å². The summed E-state index contributed by atoms with van der Waals surface area (Å²) < 4.78 is 11.2. The fraction of sp³-hybridized carbons (Fsp3) is 0.395. The molecule has 7 rings (SSSR count). The van der Waals surface area contributed by atoms with Gasteiger partial charge < -0.3 is 24.8 Å². The molecule has 1 aliphatic carbocycles. The van der Waals surface area contributed by atoms with Gasteiger partial charge in [-0.15, -0.1) is 5.10 Å². The number of amides is 1. The number of piperidine rings is 1. The van der Waals surface area contributed by atoms with Crippen molar-refractivity contribution in [3.8, 4) is 28.3 Å². The number of fused-ring (bicyclic) bond motifs is 2. The van der Waals surface area contributed by atoms with Crippen LogP contribution in [0.4, 0.5) is 17.2 Å². The Labute approximate surface area is 302 Å². The van der Waals surface area contributed by atoms with Gasteiger partial charge in [0, 0.05) is 42.5 Å². The van der Waals surface area contributed by atoms with Gasteiger partial charge in [-0.2, -0.15) is 5.10 Å². The maximum Gasteiger partial charge on any atom is 0.309 e. The van der Waals surface area contributed by atoms with Gasteiger partial charge in [-0.25, -0.2) is 4.98 Å². The molecule has 1 fully saturated rings. The minimum absolute atomic E-state index is 0.0421. The molecule has 4 aromatic rings. The molecule has 0 saturated carbocycles. The summed E-state index contributed by atoms with van der Waals surface area (Å²) in [5.41, 5.74) is 8.03. The molecule has 0 spiro atoms. The van der Waals surface area contributed by atoms with E-state index < -0.39 is 6.35 Å². The lowest BCUT2D eigenvalue weighted by Crippen LogP contribution is -2.52. The van der Waals surface area contributed by atoms with Crippen LogP contribution < -0.4 is 15.0 Å². The number of methoxy groups -OCH3 is 1. The number of aryl methyl sites for hydroxylation is 1. The van der Waals surface area contributed by atoms with E-state index in [2.05, 4.69) is 26.5 Å². The third-order valence-electron chi connectivity index (χ3n) is 10.5. The average Bonchev–Trinajstić information content (AvgIpc) is 3.58. The maximum atomic E-state index is 13.2. The third-order valence-corrected chi connectivity index (χ3v) is 10.9. The number of esters is 1. The number of aliphatic hydroxyl groups is 1. The molecule has 2 atom stereocenters. The van der Waals surface area contributed by atoms with Gasteiger partial charge >= 0.3 is 5.97 Å². The molecule has 3 aliphatic rings. The predicted molar refractivity (Wildman–Crippen MR) is 195 cm³/mol. The Morgan fingerprint density at radius 1 is 1.06 bits per heavy atom. The second-order valence-electron chi connectivity index (χ2n) is 13.3. The summed E-state index contributed by atoms with van der Waals surface area (Å²) in [6.45, 7) is 5.90. The van der Waals surface area contributed by atoms with Gasteiger partial charge in [0.05, 0.1) is 42.2 Å². The van der Waals surface area contributed by atoms with Crippen molar-refractivity contribution in [1.82, 2.24) is 25.0 Å². The molecule has 2 aliphatic heterocycles. The smallest absolute Gasteiger partial charge is 0.309 e.